The van der Waals surface area contributed by atoms with E-state index >= 15 is 0 Å². The average molecular weight is 264 g/mol. The van der Waals surface area contributed by atoms with E-state index in [9.17, 15) is 4.39 Å². The van der Waals surface area contributed by atoms with Crippen molar-refractivity contribution in [2.75, 3.05) is 0 Å². The van der Waals surface area contributed by atoms with Gasteiger partial charge in [-0.05, 0) is 48.4 Å². The van der Waals surface area contributed by atoms with Crippen LogP contribution in [0.2, 0.25) is 0 Å². The average Bonchev–Trinajstić information content (AvgIpc) is 2.46. The molecule has 2 aromatic carbocycles. The first kappa shape index (κ1) is 12.5. The summed E-state index contributed by atoms with van der Waals surface area (Å²) in [6.07, 6.45) is 3.43. The molecule has 0 spiro atoms. The van der Waals surface area contributed by atoms with E-state index in [4.69, 9.17) is 0 Å². The zero-order valence-corrected chi connectivity index (χ0v) is 11.0. The van der Waals surface area contributed by atoms with Gasteiger partial charge in [0.15, 0.2) is 0 Å². The Kier molecular flexibility index (Phi) is 3.25. The zero-order valence-electron chi connectivity index (χ0n) is 11.0. The van der Waals surface area contributed by atoms with E-state index in [-0.39, 0.29) is 5.82 Å². The number of aryl methyl sites for hydroxylation is 1. The second kappa shape index (κ2) is 5.21. The van der Waals surface area contributed by atoms with Crippen molar-refractivity contribution in [2.24, 2.45) is 4.99 Å². The smallest absolute Gasteiger partial charge is 0.149 e. The van der Waals surface area contributed by atoms with Gasteiger partial charge in [-0.2, -0.15) is 0 Å². The molecule has 0 saturated carbocycles. The van der Waals surface area contributed by atoms with Crippen molar-refractivity contribution in [3.63, 3.8) is 0 Å². The van der Waals surface area contributed by atoms with Gasteiger partial charge in [-0.1, -0.05) is 18.2 Å². The highest BCUT2D eigenvalue weighted by molar-refractivity contribution is 5.89. The van der Waals surface area contributed by atoms with Crippen LogP contribution in [0.25, 0.3) is 10.9 Å². The molecule has 0 aliphatic rings. The van der Waals surface area contributed by atoms with Crippen LogP contribution < -0.4 is 0 Å². The van der Waals surface area contributed by atoms with Crippen LogP contribution in [-0.4, -0.2) is 11.2 Å². The van der Waals surface area contributed by atoms with E-state index in [1.807, 2.05) is 43.3 Å². The molecule has 98 valence electrons. The van der Waals surface area contributed by atoms with Crippen LogP contribution in [-0.2, 0) is 0 Å². The van der Waals surface area contributed by atoms with E-state index in [1.54, 1.807) is 18.5 Å². The number of aromatic nitrogens is 1. The Bertz CT molecular complexity index is 794. The summed E-state index contributed by atoms with van der Waals surface area (Å²) in [6, 6.07) is 14.7. The summed E-state index contributed by atoms with van der Waals surface area (Å²) in [5, 5.41) is 1.04. The van der Waals surface area contributed by atoms with E-state index in [0.717, 1.165) is 22.0 Å². The minimum Gasteiger partial charge on any atom is -0.256 e. The molecule has 0 unspecified atom stereocenters. The second-order valence-corrected chi connectivity index (χ2v) is 4.67. The number of fused-ring (bicyclic) bond motifs is 1. The number of hydrogen-bond acceptors (Lipinski definition) is 2. The van der Waals surface area contributed by atoms with Crippen LogP contribution in [0.4, 0.5) is 10.1 Å². The van der Waals surface area contributed by atoms with Gasteiger partial charge in [-0.15, -0.1) is 0 Å². The van der Waals surface area contributed by atoms with Crippen molar-refractivity contribution in [1.29, 1.82) is 0 Å². The molecule has 0 radical (unpaired) electrons. The van der Waals surface area contributed by atoms with Crippen molar-refractivity contribution in [2.45, 2.75) is 6.92 Å². The number of aliphatic imine (C=N–C) groups is 1. The van der Waals surface area contributed by atoms with Gasteiger partial charge in [0.2, 0.25) is 0 Å². The fourth-order valence-corrected chi connectivity index (χ4v) is 2.04. The van der Waals surface area contributed by atoms with Crippen molar-refractivity contribution in [3.8, 4) is 0 Å². The molecular weight excluding hydrogens is 251 g/mol. The van der Waals surface area contributed by atoms with Crippen molar-refractivity contribution < 1.29 is 4.39 Å². The van der Waals surface area contributed by atoms with Gasteiger partial charge in [-0.25, -0.2) is 4.39 Å². The fourth-order valence-electron chi connectivity index (χ4n) is 2.04. The zero-order chi connectivity index (χ0) is 13.9. The number of halogens is 1. The molecule has 3 aromatic rings. The summed E-state index contributed by atoms with van der Waals surface area (Å²) in [5.74, 6) is -0.302. The third-order valence-electron chi connectivity index (χ3n) is 3.08. The molecule has 2 nitrogen and oxygen atoms in total. The molecule has 0 aliphatic carbocycles. The Morgan fingerprint density at radius 3 is 2.85 bits per heavy atom. The molecule has 3 rings (SSSR count). The Labute approximate surface area is 116 Å². The minimum atomic E-state index is -0.302. The minimum absolute atomic E-state index is 0.302. The highest BCUT2D eigenvalue weighted by atomic mass is 19.1. The molecule has 1 heterocycles. The first-order chi connectivity index (χ1) is 9.72. The quantitative estimate of drug-likeness (QED) is 0.628. The second-order valence-electron chi connectivity index (χ2n) is 4.67. The summed E-state index contributed by atoms with van der Waals surface area (Å²) < 4.78 is 13.7. The standard InChI is InChI=1S/C17H13FN2/c1-12-4-6-17(15(18)9-12)20-11-13-5-7-16-14(10-13)3-2-8-19-16/h2-11H,1H3. The number of benzene rings is 2. The van der Waals surface area contributed by atoms with Crippen molar-refractivity contribution in [1.82, 2.24) is 4.98 Å². The first-order valence-electron chi connectivity index (χ1n) is 6.37. The number of pyridine rings is 1. The van der Waals surface area contributed by atoms with E-state index in [2.05, 4.69) is 9.98 Å². The maximum atomic E-state index is 13.7. The van der Waals surface area contributed by atoms with Gasteiger partial charge >= 0.3 is 0 Å². The van der Waals surface area contributed by atoms with Gasteiger partial charge in [0.25, 0.3) is 0 Å². The molecule has 20 heavy (non-hydrogen) atoms. The van der Waals surface area contributed by atoms with E-state index in [1.165, 1.54) is 6.07 Å². The van der Waals surface area contributed by atoms with Crippen molar-refractivity contribution >= 4 is 22.8 Å². The third kappa shape index (κ3) is 2.57. The molecule has 0 fully saturated rings. The third-order valence-corrected chi connectivity index (χ3v) is 3.08. The lowest BCUT2D eigenvalue weighted by Gasteiger charge is -2.00. The van der Waals surface area contributed by atoms with Gasteiger partial charge in [0.1, 0.15) is 5.82 Å². The topological polar surface area (TPSA) is 25.2 Å². The van der Waals surface area contributed by atoms with Crippen molar-refractivity contribution in [3.05, 3.63) is 71.7 Å². The largest absolute Gasteiger partial charge is 0.256 e. The molecule has 1 aromatic heterocycles. The Morgan fingerprint density at radius 1 is 1.10 bits per heavy atom. The Balaban J connectivity index is 1.93. The van der Waals surface area contributed by atoms with E-state index < -0.39 is 0 Å². The van der Waals surface area contributed by atoms with Crippen LogP contribution in [0.15, 0.2) is 59.7 Å². The molecule has 0 saturated heterocycles. The van der Waals surface area contributed by atoms with Gasteiger partial charge in [0, 0.05) is 17.8 Å². The lowest BCUT2D eigenvalue weighted by molar-refractivity contribution is 0.629. The summed E-state index contributed by atoms with van der Waals surface area (Å²) in [7, 11) is 0. The van der Waals surface area contributed by atoms with E-state index in [0.29, 0.717) is 5.69 Å². The van der Waals surface area contributed by atoms with Gasteiger partial charge < -0.3 is 0 Å². The highest BCUT2D eigenvalue weighted by Crippen LogP contribution is 2.19. The fraction of sp³-hybridized carbons (Fsp3) is 0.0588. The molecule has 0 bridgehead atoms. The Morgan fingerprint density at radius 2 is 2.00 bits per heavy atom. The first-order valence-corrected chi connectivity index (χ1v) is 6.37. The lowest BCUT2D eigenvalue weighted by Crippen LogP contribution is -1.84. The Hall–Kier alpha value is -2.55. The SMILES string of the molecule is Cc1ccc(N=Cc2ccc3ncccc3c2)c(F)c1. The molecule has 0 amide bonds. The number of nitrogens with zero attached hydrogens (tertiary/aromatic N) is 2. The summed E-state index contributed by atoms with van der Waals surface area (Å²) in [6.45, 7) is 1.85. The normalized spacial score (nSPS) is 11.3. The molecule has 0 aliphatic heterocycles. The molecular formula is C17H13FN2. The van der Waals surface area contributed by atoms with Gasteiger partial charge in [0.05, 0.1) is 11.2 Å². The molecule has 0 N–H and O–H groups in total. The maximum Gasteiger partial charge on any atom is 0.149 e. The maximum absolute atomic E-state index is 13.7. The predicted molar refractivity (Wildman–Crippen MR) is 80.1 cm³/mol. The molecule has 0 atom stereocenters. The summed E-state index contributed by atoms with van der Waals surface area (Å²) >= 11 is 0. The number of hydrogen-bond donors (Lipinski definition) is 0. The summed E-state index contributed by atoms with van der Waals surface area (Å²) in [4.78, 5) is 8.46. The van der Waals surface area contributed by atoms with Crippen LogP contribution in [0.1, 0.15) is 11.1 Å². The lowest BCUT2D eigenvalue weighted by atomic mass is 10.1. The molecule has 3 heteroatoms. The predicted octanol–water partition coefficient (Wildman–Crippen LogP) is 4.43. The van der Waals surface area contributed by atoms with Crippen LogP contribution in [0.3, 0.4) is 0 Å². The van der Waals surface area contributed by atoms with Crippen LogP contribution in [0.5, 0.6) is 0 Å². The summed E-state index contributed by atoms with van der Waals surface area (Å²) in [5.41, 5.74) is 3.09. The van der Waals surface area contributed by atoms with Crippen LogP contribution >= 0.6 is 0 Å². The number of rotatable bonds is 2. The monoisotopic (exact) mass is 264 g/mol. The van der Waals surface area contributed by atoms with Crippen LogP contribution in [0, 0.1) is 12.7 Å². The highest BCUT2D eigenvalue weighted by Gasteiger charge is 2.00. The van der Waals surface area contributed by atoms with Gasteiger partial charge in [-0.3, -0.25) is 9.98 Å².